The van der Waals surface area contributed by atoms with Crippen LogP contribution in [0.5, 0.6) is 5.75 Å². The summed E-state index contributed by atoms with van der Waals surface area (Å²) in [6.45, 7) is 0.774. The number of aromatic nitrogens is 4. The zero-order valence-corrected chi connectivity index (χ0v) is 13.3. The molecule has 0 fully saturated rings. The molecule has 0 bridgehead atoms. The summed E-state index contributed by atoms with van der Waals surface area (Å²) >= 11 is 0. The first-order valence-corrected chi connectivity index (χ1v) is 7.56. The molecular weight excluding hydrogens is 304 g/mol. The molecule has 0 saturated heterocycles. The molecule has 2 N–H and O–H groups in total. The lowest BCUT2D eigenvalue weighted by Gasteiger charge is -2.08. The molecule has 0 atom stereocenters. The van der Waals surface area contributed by atoms with Gasteiger partial charge in [0.25, 0.3) is 0 Å². The smallest absolute Gasteiger partial charge is 0.230 e. The summed E-state index contributed by atoms with van der Waals surface area (Å²) in [5.41, 5.74) is 1.23. The molecule has 122 valence electrons. The van der Waals surface area contributed by atoms with E-state index in [4.69, 9.17) is 4.74 Å². The van der Waals surface area contributed by atoms with Crippen LogP contribution in [0, 0.1) is 0 Å². The highest BCUT2D eigenvalue weighted by Crippen LogP contribution is 2.13. The predicted octanol–water partition coefficient (Wildman–Crippen LogP) is 2.67. The molecule has 0 aliphatic heterocycles. The standard InChI is InChI=1S/C17H18N6O/c1-24-14-4-2-13(3-5-14)6-10-19-15-8-11-20-17(22-15)23-16-7-9-18-12-21-16/h2-5,7-9,11-12H,6,10H2,1H3,(H2,18,19,20,21,22,23). The van der Waals surface area contributed by atoms with Crippen LogP contribution in [0.2, 0.25) is 0 Å². The molecule has 24 heavy (non-hydrogen) atoms. The fraction of sp³-hybridized carbons (Fsp3) is 0.176. The van der Waals surface area contributed by atoms with Crippen molar-refractivity contribution in [1.29, 1.82) is 0 Å². The van der Waals surface area contributed by atoms with Gasteiger partial charge >= 0.3 is 0 Å². The molecule has 3 aromatic rings. The van der Waals surface area contributed by atoms with Gasteiger partial charge in [0.15, 0.2) is 0 Å². The lowest BCUT2D eigenvalue weighted by Crippen LogP contribution is -2.08. The topological polar surface area (TPSA) is 84.9 Å². The number of nitrogens with zero attached hydrogens (tertiary/aromatic N) is 4. The zero-order chi connectivity index (χ0) is 16.6. The summed E-state index contributed by atoms with van der Waals surface area (Å²) in [6.07, 6.45) is 5.72. The Balaban J connectivity index is 1.54. The maximum absolute atomic E-state index is 5.16. The Morgan fingerprint density at radius 1 is 0.958 bits per heavy atom. The average molecular weight is 322 g/mol. The molecule has 1 aromatic carbocycles. The third-order valence-corrected chi connectivity index (χ3v) is 3.36. The number of benzene rings is 1. The molecule has 7 nitrogen and oxygen atoms in total. The average Bonchev–Trinajstić information content (AvgIpc) is 2.63. The van der Waals surface area contributed by atoms with E-state index in [0.717, 1.165) is 24.5 Å². The molecular formula is C17H18N6O. The van der Waals surface area contributed by atoms with E-state index in [1.165, 1.54) is 11.9 Å². The highest BCUT2D eigenvalue weighted by molar-refractivity contribution is 5.49. The maximum Gasteiger partial charge on any atom is 0.230 e. The van der Waals surface area contributed by atoms with Gasteiger partial charge in [-0.1, -0.05) is 12.1 Å². The summed E-state index contributed by atoms with van der Waals surface area (Å²) in [6, 6.07) is 11.6. The lowest BCUT2D eigenvalue weighted by molar-refractivity contribution is 0.414. The van der Waals surface area contributed by atoms with Gasteiger partial charge in [-0.2, -0.15) is 4.98 Å². The normalized spacial score (nSPS) is 10.2. The van der Waals surface area contributed by atoms with Crippen LogP contribution in [0.15, 0.2) is 55.1 Å². The minimum atomic E-state index is 0.489. The zero-order valence-electron chi connectivity index (χ0n) is 13.3. The van der Waals surface area contributed by atoms with Crippen LogP contribution >= 0.6 is 0 Å². The van der Waals surface area contributed by atoms with Crippen molar-refractivity contribution >= 4 is 17.6 Å². The molecule has 7 heteroatoms. The number of nitrogens with one attached hydrogen (secondary N) is 2. The fourth-order valence-electron chi connectivity index (χ4n) is 2.12. The van der Waals surface area contributed by atoms with E-state index in [0.29, 0.717) is 11.8 Å². The summed E-state index contributed by atoms with van der Waals surface area (Å²) in [4.78, 5) is 16.6. The van der Waals surface area contributed by atoms with Crippen molar-refractivity contribution in [3.63, 3.8) is 0 Å². The van der Waals surface area contributed by atoms with Gasteiger partial charge in [-0.25, -0.2) is 15.0 Å². The molecule has 2 heterocycles. The van der Waals surface area contributed by atoms with Gasteiger partial charge in [0, 0.05) is 18.9 Å². The van der Waals surface area contributed by atoms with E-state index in [1.807, 2.05) is 18.2 Å². The maximum atomic E-state index is 5.16. The Morgan fingerprint density at radius 3 is 2.54 bits per heavy atom. The van der Waals surface area contributed by atoms with E-state index < -0.39 is 0 Å². The van der Waals surface area contributed by atoms with Crippen LogP contribution in [0.25, 0.3) is 0 Å². The second kappa shape index (κ2) is 7.87. The van der Waals surface area contributed by atoms with E-state index in [9.17, 15) is 0 Å². The molecule has 0 spiro atoms. The Morgan fingerprint density at radius 2 is 1.79 bits per heavy atom. The minimum absolute atomic E-state index is 0.489. The Kier molecular flexibility index (Phi) is 5.14. The van der Waals surface area contributed by atoms with Gasteiger partial charge < -0.3 is 15.4 Å². The van der Waals surface area contributed by atoms with Crippen molar-refractivity contribution in [2.24, 2.45) is 0 Å². The second-order valence-electron chi connectivity index (χ2n) is 5.01. The number of anilines is 3. The van der Waals surface area contributed by atoms with Crippen molar-refractivity contribution < 1.29 is 4.74 Å². The SMILES string of the molecule is COc1ccc(CCNc2ccnc(Nc3ccncn3)n2)cc1. The van der Waals surface area contributed by atoms with Crippen molar-refractivity contribution in [3.05, 3.63) is 60.7 Å². The van der Waals surface area contributed by atoms with Crippen molar-refractivity contribution in [2.75, 3.05) is 24.3 Å². The monoisotopic (exact) mass is 322 g/mol. The van der Waals surface area contributed by atoms with Gasteiger partial charge in [-0.3, -0.25) is 0 Å². The van der Waals surface area contributed by atoms with Gasteiger partial charge in [0.05, 0.1) is 7.11 Å². The van der Waals surface area contributed by atoms with Gasteiger partial charge in [0.2, 0.25) is 5.95 Å². The number of hydrogen-bond donors (Lipinski definition) is 2. The van der Waals surface area contributed by atoms with E-state index in [1.54, 1.807) is 25.6 Å². The molecule has 0 amide bonds. The van der Waals surface area contributed by atoms with Gasteiger partial charge in [0.1, 0.15) is 23.7 Å². The number of methoxy groups -OCH3 is 1. The molecule has 0 radical (unpaired) electrons. The summed E-state index contributed by atoms with van der Waals surface area (Å²) in [5, 5.41) is 6.33. The molecule has 3 rings (SSSR count). The summed E-state index contributed by atoms with van der Waals surface area (Å²) < 4.78 is 5.16. The van der Waals surface area contributed by atoms with E-state index in [-0.39, 0.29) is 0 Å². The van der Waals surface area contributed by atoms with Crippen LogP contribution in [0.3, 0.4) is 0 Å². The molecule has 0 unspecified atom stereocenters. The second-order valence-corrected chi connectivity index (χ2v) is 5.01. The van der Waals surface area contributed by atoms with Crippen LogP contribution in [-0.2, 0) is 6.42 Å². The van der Waals surface area contributed by atoms with Crippen molar-refractivity contribution in [2.45, 2.75) is 6.42 Å². The molecule has 0 aliphatic rings. The molecule has 0 saturated carbocycles. The largest absolute Gasteiger partial charge is 0.497 e. The quantitative estimate of drug-likeness (QED) is 0.691. The van der Waals surface area contributed by atoms with Crippen molar-refractivity contribution in [3.8, 4) is 5.75 Å². The van der Waals surface area contributed by atoms with Gasteiger partial charge in [-0.05, 0) is 36.2 Å². The molecule has 2 aromatic heterocycles. The Bertz CT molecular complexity index is 764. The predicted molar refractivity (Wildman–Crippen MR) is 92.5 cm³/mol. The first kappa shape index (κ1) is 15.7. The number of hydrogen-bond acceptors (Lipinski definition) is 7. The molecule has 0 aliphatic carbocycles. The van der Waals surface area contributed by atoms with Gasteiger partial charge in [-0.15, -0.1) is 0 Å². The third-order valence-electron chi connectivity index (χ3n) is 3.36. The van der Waals surface area contributed by atoms with Crippen LogP contribution in [0.1, 0.15) is 5.56 Å². The van der Waals surface area contributed by atoms with Crippen LogP contribution < -0.4 is 15.4 Å². The first-order chi connectivity index (χ1) is 11.8. The first-order valence-electron chi connectivity index (χ1n) is 7.56. The summed E-state index contributed by atoms with van der Waals surface area (Å²) in [5.74, 6) is 2.77. The number of rotatable bonds is 7. The lowest BCUT2D eigenvalue weighted by atomic mass is 10.1. The number of ether oxygens (including phenoxy) is 1. The highest BCUT2D eigenvalue weighted by Gasteiger charge is 2.01. The fourth-order valence-corrected chi connectivity index (χ4v) is 2.12. The summed E-state index contributed by atoms with van der Waals surface area (Å²) in [7, 11) is 1.67. The Hall–Kier alpha value is -3.22. The Labute approximate surface area is 140 Å². The highest BCUT2D eigenvalue weighted by atomic mass is 16.5. The minimum Gasteiger partial charge on any atom is -0.497 e. The van der Waals surface area contributed by atoms with Crippen LogP contribution in [-0.4, -0.2) is 33.6 Å². The third kappa shape index (κ3) is 4.39. The van der Waals surface area contributed by atoms with Crippen molar-refractivity contribution in [1.82, 2.24) is 19.9 Å². The van der Waals surface area contributed by atoms with E-state index >= 15 is 0 Å². The van der Waals surface area contributed by atoms with E-state index in [2.05, 4.69) is 42.7 Å². The van der Waals surface area contributed by atoms with Crippen LogP contribution in [0.4, 0.5) is 17.6 Å².